The van der Waals surface area contributed by atoms with Crippen molar-refractivity contribution in [1.29, 1.82) is 0 Å². The molecule has 0 amide bonds. The highest BCUT2D eigenvalue weighted by Crippen LogP contribution is 2.10. The predicted octanol–water partition coefficient (Wildman–Crippen LogP) is 0.632. The normalized spacial score (nSPS) is 10.2. The van der Waals surface area contributed by atoms with Gasteiger partial charge in [0.05, 0.1) is 5.69 Å². The minimum atomic E-state index is 0.655. The van der Waals surface area contributed by atoms with Crippen LogP contribution in [-0.4, -0.2) is 25.6 Å². The van der Waals surface area contributed by atoms with E-state index in [9.17, 15) is 0 Å². The first-order chi connectivity index (χ1) is 5.74. The van der Waals surface area contributed by atoms with Gasteiger partial charge in [-0.1, -0.05) is 0 Å². The molecule has 0 spiro atoms. The third-order valence-corrected chi connectivity index (χ3v) is 1.56. The van der Waals surface area contributed by atoms with E-state index in [0.717, 1.165) is 18.5 Å². The highest BCUT2D eigenvalue weighted by atomic mass is 16.4. The van der Waals surface area contributed by atoms with Crippen LogP contribution in [0.1, 0.15) is 12.1 Å². The van der Waals surface area contributed by atoms with E-state index < -0.39 is 0 Å². The second-order valence-electron chi connectivity index (χ2n) is 2.91. The molecule has 68 valence electrons. The topological polar surface area (TPSA) is 55.3 Å². The molecule has 0 aliphatic heterocycles. The van der Waals surface area contributed by atoms with Crippen molar-refractivity contribution in [3.8, 4) is 0 Å². The van der Waals surface area contributed by atoms with Gasteiger partial charge in [0.1, 0.15) is 6.26 Å². The Labute approximate surface area is 72.4 Å². The maximum Gasteiger partial charge on any atom is 0.296 e. The standard InChI is InChI=1S/C8H15N3O/c1-11(2)8-10-7(6-12-8)4-3-5-9/h6H,3-5,9H2,1-2H3. The van der Waals surface area contributed by atoms with Crippen molar-refractivity contribution in [1.82, 2.24) is 4.98 Å². The van der Waals surface area contributed by atoms with Gasteiger partial charge in [-0.3, -0.25) is 0 Å². The number of nitrogens with zero attached hydrogens (tertiary/aromatic N) is 2. The molecule has 0 bridgehead atoms. The fourth-order valence-corrected chi connectivity index (χ4v) is 0.900. The highest BCUT2D eigenvalue weighted by molar-refractivity contribution is 5.23. The number of nitrogens with two attached hydrogens (primary N) is 1. The molecule has 0 aliphatic rings. The fourth-order valence-electron chi connectivity index (χ4n) is 0.900. The summed E-state index contributed by atoms with van der Waals surface area (Å²) in [5, 5.41) is 0. The van der Waals surface area contributed by atoms with Gasteiger partial charge in [-0.25, -0.2) is 0 Å². The molecule has 0 fully saturated rings. The van der Waals surface area contributed by atoms with Gasteiger partial charge in [-0.15, -0.1) is 0 Å². The average molecular weight is 169 g/mol. The van der Waals surface area contributed by atoms with Gasteiger partial charge in [0.25, 0.3) is 6.01 Å². The van der Waals surface area contributed by atoms with Crippen molar-refractivity contribution >= 4 is 6.01 Å². The summed E-state index contributed by atoms with van der Waals surface area (Å²) in [6.07, 6.45) is 3.54. The van der Waals surface area contributed by atoms with Crippen LogP contribution in [0.3, 0.4) is 0 Å². The zero-order valence-corrected chi connectivity index (χ0v) is 7.58. The maximum absolute atomic E-state index is 5.37. The van der Waals surface area contributed by atoms with Crippen LogP contribution >= 0.6 is 0 Å². The number of anilines is 1. The van der Waals surface area contributed by atoms with E-state index in [4.69, 9.17) is 10.2 Å². The molecule has 0 radical (unpaired) electrons. The third-order valence-electron chi connectivity index (χ3n) is 1.56. The lowest BCUT2D eigenvalue weighted by molar-refractivity contribution is 0.554. The van der Waals surface area contributed by atoms with E-state index in [1.807, 2.05) is 19.0 Å². The summed E-state index contributed by atoms with van der Waals surface area (Å²) in [6.45, 7) is 0.699. The van der Waals surface area contributed by atoms with Gasteiger partial charge >= 0.3 is 0 Å². The molecule has 0 saturated heterocycles. The molecule has 12 heavy (non-hydrogen) atoms. The Kier molecular flexibility index (Phi) is 3.10. The molecule has 0 unspecified atom stereocenters. The first-order valence-electron chi connectivity index (χ1n) is 4.06. The first kappa shape index (κ1) is 9.06. The molecule has 0 atom stereocenters. The van der Waals surface area contributed by atoms with Crippen LogP contribution in [0.2, 0.25) is 0 Å². The van der Waals surface area contributed by atoms with Crippen LogP contribution in [0, 0.1) is 0 Å². The number of aromatic nitrogens is 1. The first-order valence-corrected chi connectivity index (χ1v) is 4.06. The van der Waals surface area contributed by atoms with Crippen LogP contribution in [0.15, 0.2) is 10.7 Å². The van der Waals surface area contributed by atoms with Crippen molar-refractivity contribution in [3.63, 3.8) is 0 Å². The zero-order chi connectivity index (χ0) is 8.97. The Bertz CT molecular complexity index is 232. The number of hydrogen-bond acceptors (Lipinski definition) is 4. The Morgan fingerprint density at radius 2 is 2.33 bits per heavy atom. The summed E-state index contributed by atoms with van der Waals surface area (Å²) in [4.78, 5) is 6.09. The lowest BCUT2D eigenvalue weighted by Gasteiger charge is -2.03. The van der Waals surface area contributed by atoms with Crippen LogP contribution in [0.5, 0.6) is 0 Å². The summed E-state index contributed by atoms with van der Waals surface area (Å²) in [6, 6.07) is 0.655. The lowest BCUT2D eigenvalue weighted by atomic mass is 10.2. The Balaban J connectivity index is 2.52. The fraction of sp³-hybridized carbons (Fsp3) is 0.625. The van der Waals surface area contributed by atoms with Gasteiger partial charge in [0, 0.05) is 14.1 Å². The molecule has 0 saturated carbocycles. The second-order valence-corrected chi connectivity index (χ2v) is 2.91. The molecule has 1 heterocycles. The molecule has 4 heteroatoms. The van der Waals surface area contributed by atoms with Crippen LogP contribution in [0.4, 0.5) is 6.01 Å². The predicted molar refractivity (Wildman–Crippen MR) is 48.2 cm³/mol. The molecule has 1 rings (SSSR count). The molecule has 2 N–H and O–H groups in total. The maximum atomic E-state index is 5.37. The highest BCUT2D eigenvalue weighted by Gasteiger charge is 2.03. The van der Waals surface area contributed by atoms with Crippen molar-refractivity contribution in [2.75, 3.05) is 25.5 Å². The zero-order valence-electron chi connectivity index (χ0n) is 7.58. The average Bonchev–Trinajstić information content (AvgIpc) is 2.48. The van der Waals surface area contributed by atoms with Gasteiger partial charge in [-0.05, 0) is 19.4 Å². The summed E-state index contributed by atoms with van der Waals surface area (Å²) >= 11 is 0. The van der Waals surface area contributed by atoms with Crippen LogP contribution in [-0.2, 0) is 6.42 Å². The van der Waals surface area contributed by atoms with Gasteiger partial charge < -0.3 is 15.1 Å². The van der Waals surface area contributed by atoms with E-state index in [1.165, 1.54) is 0 Å². The van der Waals surface area contributed by atoms with Gasteiger partial charge in [0.15, 0.2) is 0 Å². The minimum absolute atomic E-state index is 0.655. The second kappa shape index (κ2) is 4.11. The summed E-state index contributed by atoms with van der Waals surface area (Å²) in [5.41, 5.74) is 6.35. The monoisotopic (exact) mass is 169 g/mol. The van der Waals surface area contributed by atoms with Crippen molar-refractivity contribution in [2.24, 2.45) is 5.73 Å². The number of aryl methyl sites for hydroxylation is 1. The molecule has 4 nitrogen and oxygen atoms in total. The SMILES string of the molecule is CN(C)c1nc(CCCN)co1. The molecule has 0 aliphatic carbocycles. The molecule has 0 aromatic carbocycles. The van der Waals surface area contributed by atoms with E-state index >= 15 is 0 Å². The van der Waals surface area contributed by atoms with Crippen molar-refractivity contribution < 1.29 is 4.42 Å². The number of rotatable bonds is 4. The summed E-state index contributed by atoms with van der Waals surface area (Å²) < 4.78 is 5.20. The van der Waals surface area contributed by atoms with E-state index in [0.29, 0.717) is 12.6 Å². The summed E-state index contributed by atoms with van der Waals surface area (Å²) in [5.74, 6) is 0. The number of hydrogen-bond donors (Lipinski definition) is 1. The lowest BCUT2D eigenvalue weighted by Crippen LogP contribution is -2.09. The third kappa shape index (κ3) is 2.23. The van der Waals surface area contributed by atoms with Crippen molar-refractivity contribution in [2.45, 2.75) is 12.8 Å². The Morgan fingerprint density at radius 1 is 1.58 bits per heavy atom. The van der Waals surface area contributed by atoms with Crippen LogP contribution in [0.25, 0.3) is 0 Å². The van der Waals surface area contributed by atoms with E-state index in [-0.39, 0.29) is 0 Å². The quantitative estimate of drug-likeness (QED) is 0.718. The molecule has 1 aromatic heterocycles. The smallest absolute Gasteiger partial charge is 0.296 e. The Morgan fingerprint density at radius 3 is 2.83 bits per heavy atom. The molecular formula is C8H15N3O. The van der Waals surface area contributed by atoms with Gasteiger partial charge in [-0.2, -0.15) is 4.98 Å². The Hall–Kier alpha value is -1.03. The van der Waals surface area contributed by atoms with E-state index in [1.54, 1.807) is 6.26 Å². The summed E-state index contributed by atoms with van der Waals surface area (Å²) in [7, 11) is 3.80. The minimum Gasteiger partial charge on any atom is -0.432 e. The van der Waals surface area contributed by atoms with Crippen LogP contribution < -0.4 is 10.6 Å². The number of oxazole rings is 1. The largest absolute Gasteiger partial charge is 0.432 e. The van der Waals surface area contributed by atoms with Crippen molar-refractivity contribution in [3.05, 3.63) is 12.0 Å². The van der Waals surface area contributed by atoms with Gasteiger partial charge in [0.2, 0.25) is 0 Å². The molecule has 1 aromatic rings. The molecular weight excluding hydrogens is 154 g/mol. The van der Waals surface area contributed by atoms with E-state index in [2.05, 4.69) is 4.98 Å².